The van der Waals surface area contributed by atoms with Crippen LogP contribution in [0.2, 0.25) is 0 Å². The second kappa shape index (κ2) is 6.54. The lowest BCUT2D eigenvalue weighted by Gasteiger charge is -2.09. The Morgan fingerprint density at radius 3 is 2.78 bits per heavy atom. The fraction of sp³-hybridized carbons (Fsp3) is 0.278. The minimum Gasteiger partial charge on any atom is -0.508 e. The van der Waals surface area contributed by atoms with E-state index in [4.69, 9.17) is 4.84 Å². The molecule has 0 radical (unpaired) electrons. The molecule has 3 rings (SSSR count). The maximum absolute atomic E-state index is 10.1. The van der Waals surface area contributed by atoms with Gasteiger partial charge in [-0.15, -0.1) is 0 Å². The van der Waals surface area contributed by atoms with Crippen molar-refractivity contribution in [3.05, 3.63) is 47.0 Å². The van der Waals surface area contributed by atoms with E-state index in [0.29, 0.717) is 6.61 Å². The molecule has 0 saturated heterocycles. The second-order valence-electron chi connectivity index (χ2n) is 5.46. The van der Waals surface area contributed by atoms with Gasteiger partial charge in [0.15, 0.2) is 0 Å². The number of nitrogens with zero attached hydrogens (tertiary/aromatic N) is 1. The van der Waals surface area contributed by atoms with Crippen LogP contribution in [0.1, 0.15) is 30.5 Å². The topological polar surface area (TPSA) is 62.0 Å². The number of fused-ring (bicyclic) bond motifs is 2. The van der Waals surface area contributed by atoms with Crippen LogP contribution in [0.3, 0.4) is 0 Å². The summed E-state index contributed by atoms with van der Waals surface area (Å²) >= 11 is 1.58. The van der Waals surface area contributed by atoms with Crippen LogP contribution in [-0.2, 0) is 17.7 Å². The number of hydrogen-bond acceptors (Lipinski definition) is 5. The summed E-state index contributed by atoms with van der Waals surface area (Å²) in [6, 6.07) is 9.33. The van der Waals surface area contributed by atoms with E-state index in [0.717, 1.165) is 39.5 Å². The summed E-state index contributed by atoms with van der Waals surface area (Å²) in [6.07, 6.45) is 1.58. The molecule has 0 bridgehead atoms. The molecule has 23 heavy (non-hydrogen) atoms. The number of rotatable bonds is 3. The monoisotopic (exact) mass is 329 g/mol. The molecule has 0 fully saturated rings. The number of aryl methyl sites for hydroxylation is 1. The van der Waals surface area contributed by atoms with E-state index in [1.165, 1.54) is 11.6 Å². The van der Waals surface area contributed by atoms with Gasteiger partial charge in [0.05, 0.1) is 5.71 Å². The quantitative estimate of drug-likeness (QED) is 0.657. The Balaban J connectivity index is 1.95. The molecule has 1 aliphatic heterocycles. The van der Waals surface area contributed by atoms with Gasteiger partial charge < -0.3 is 15.1 Å². The summed E-state index contributed by atoms with van der Waals surface area (Å²) < 4.78 is 0. The molecule has 1 aliphatic rings. The van der Waals surface area contributed by atoms with Gasteiger partial charge in [-0.1, -0.05) is 23.0 Å². The molecule has 0 aromatic heterocycles. The van der Waals surface area contributed by atoms with Crippen molar-refractivity contribution in [2.45, 2.75) is 36.5 Å². The van der Waals surface area contributed by atoms with E-state index in [1.54, 1.807) is 17.8 Å². The number of phenolic OH excluding ortho intramolecular Hbond substituents is 2. The smallest absolute Gasteiger partial charge is 0.123 e. The van der Waals surface area contributed by atoms with E-state index in [2.05, 4.69) is 17.3 Å². The normalized spacial score (nSPS) is 13.9. The summed E-state index contributed by atoms with van der Waals surface area (Å²) in [7, 11) is 0. The summed E-state index contributed by atoms with van der Waals surface area (Å²) in [6.45, 7) is 4.39. The third-order valence-corrected chi connectivity index (χ3v) is 5.05. The molecule has 2 aromatic carbocycles. The third kappa shape index (κ3) is 3.29. The van der Waals surface area contributed by atoms with Gasteiger partial charge in [-0.3, -0.25) is 0 Å². The van der Waals surface area contributed by atoms with Gasteiger partial charge in [0, 0.05) is 21.4 Å². The zero-order valence-corrected chi connectivity index (χ0v) is 14.0. The predicted molar refractivity (Wildman–Crippen MR) is 91.6 cm³/mol. The lowest BCUT2D eigenvalue weighted by molar-refractivity contribution is 0.159. The van der Waals surface area contributed by atoms with Gasteiger partial charge in [-0.05, 0) is 56.0 Å². The Hall–Kier alpha value is -2.14. The van der Waals surface area contributed by atoms with Crippen LogP contribution in [0.5, 0.6) is 11.5 Å². The van der Waals surface area contributed by atoms with Gasteiger partial charge in [0.2, 0.25) is 0 Å². The molecule has 0 amide bonds. The first-order valence-corrected chi connectivity index (χ1v) is 8.42. The maximum atomic E-state index is 10.1. The number of hydrogen-bond donors (Lipinski definition) is 2. The van der Waals surface area contributed by atoms with E-state index in [1.807, 2.05) is 19.9 Å². The lowest BCUT2D eigenvalue weighted by atomic mass is 10.0. The molecule has 1 heterocycles. The first-order valence-electron chi connectivity index (χ1n) is 7.61. The Kier molecular flexibility index (Phi) is 4.48. The third-order valence-electron chi connectivity index (χ3n) is 3.84. The molecule has 0 unspecified atom stereocenters. The van der Waals surface area contributed by atoms with Gasteiger partial charge in [-0.25, -0.2) is 0 Å². The van der Waals surface area contributed by atoms with Crippen LogP contribution in [0.15, 0.2) is 45.3 Å². The molecule has 120 valence electrons. The van der Waals surface area contributed by atoms with Crippen LogP contribution in [0, 0.1) is 0 Å². The van der Waals surface area contributed by atoms with Crippen molar-refractivity contribution >= 4 is 17.5 Å². The average Bonchev–Trinajstić information content (AvgIpc) is 2.70. The fourth-order valence-electron chi connectivity index (χ4n) is 2.65. The number of phenols is 2. The zero-order valence-electron chi connectivity index (χ0n) is 13.2. The van der Waals surface area contributed by atoms with E-state index >= 15 is 0 Å². The summed E-state index contributed by atoms with van der Waals surface area (Å²) in [5, 5.41) is 23.9. The van der Waals surface area contributed by atoms with Gasteiger partial charge >= 0.3 is 0 Å². The predicted octanol–water partition coefficient (Wildman–Crippen LogP) is 4.11. The summed E-state index contributed by atoms with van der Waals surface area (Å²) in [5.74, 6) is 0.253. The van der Waals surface area contributed by atoms with Crippen molar-refractivity contribution in [3.8, 4) is 11.5 Å². The molecule has 5 heteroatoms. The van der Waals surface area contributed by atoms with E-state index < -0.39 is 0 Å². The molecule has 2 N–H and O–H groups in total. The molecule has 2 aromatic rings. The van der Waals surface area contributed by atoms with Crippen molar-refractivity contribution in [1.82, 2.24) is 0 Å². The Labute approximate surface area is 139 Å². The molecular weight excluding hydrogens is 310 g/mol. The molecule has 4 nitrogen and oxygen atoms in total. The van der Waals surface area contributed by atoms with E-state index in [9.17, 15) is 10.2 Å². The largest absolute Gasteiger partial charge is 0.508 e. The highest BCUT2D eigenvalue weighted by molar-refractivity contribution is 7.99. The average molecular weight is 329 g/mol. The van der Waals surface area contributed by atoms with Crippen LogP contribution < -0.4 is 0 Å². The van der Waals surface area contributed by atoms with E-state index in [-0.39, 0.29) is 11.5 Å². The number of aromatic hydroxyl groups is 2. The first kappa shape index (κ1) is 15.7. The zero-order chi connectivity index (χ0) is 16.4. The molecule has 0 atom stereocenters. The van der Waals surface area contributed by atoms with Crippen molar-refractivity contribution in [2.24, 2.45) is 5.16 Å². The van der Waals surface area contributed by atoms with Crippen LogP contribution in [-0.4, -0.2) is 22.5 Å². The summed E-state index contributed by atoms with van der Waals surface area (Å²) in [4.78, 5) is 7.17. The highest BCUT2D eigenvalue weighted by Crippen LogP contribution is 2.42. The number of oxime groups is 1. The van der Waals surface area contributed by atoms with Crippen molar-refractivity contribution < 1.29 is 15.1 Å². The SMILES string of the molecule is CCON=C(C)c1ccc2c(c1)CCc1c(O)cc(O)cc1S2. The van der Waals surface area contributed by atoms with Gasteiger partial charge in [-0.2, -0.15) is 0 Å². The Morgan fingerprint density at radius 1 is 1.17 bits per heavy atom. The van der Waals surface area contributed by atoms with Gasteiger partial charge in [0.1, 0.15) is 18.1 Å². The fourth-order valence-corrected chi connectivity index (χ4v) is 3.83. The second-order valence-corrected chi connectivity index (χ2v) is 6.54. The molecule has 0 saturated carbocycles. The molecular formula is C18H19NO3S. The highest BCUT2D eigenvalue weighted by atomic mass is 32.2. The van der Waals surface area contributed by atoms with Crippen LogP contribution in [0.4, 0.5) is 0 Å². The van der Waals surface area contributed by atoms with Crippen molar-refractivity contribution in [2.75, 3.05) is 6.61 Å². The Morgan fingerprint density at radius 2 is 2.00 bits per heavy atom. The first-order chi connectivity index (χ1) is 11.1. The molecule has 0 aliphatic carbocycles. The van der Waals surface area contributed by atoms with Crippen LogP contribution >= 0.6 is 11.8 Å². The van der Waals surface area contributed by atoms with Gasteiger partial charge in [0.25, 0.3) is 0 Å². The minimum absolute atomic E-state index is 0.0912. The standard InChI is InChI=1S/C18H19NO3S/c1-3-22-19-11(2)12-5-7-17-13(8-12)4-6-15-16(21)9-14(20)10-18(15)23-17/h5,7-10,20-21H,3-4,6H2,1-2H3. The minimum atomic E-state index is 0.0912. The number of benzene rings is 2. The Bertz CT molecular complexity index is 771. The van der Waals surface area contributed by atoms with Crippen molar-refractivity contribution in [1.29, 1.82) is 0 Å². The summed E-state index contributed by atoms with van der Waals surface area (Å²) in [5.41, 5.74) is 4.00. The van der Waals surface area contributed by atoms with Crippen LogP contribution in [0.25, 0.3) is 0 Å². The highest BCUT2D eigenvalue weighted by Gasteiger charge is 2.18. The maximum Gasteiger partial charge on any atom is 0.123 e. The van der Waals surface area contributed by atoms with Crippen molar-refractivity contribution in [3.63, 3.8) is 0 Å². The molecule has 0 spiro atoms. The lowest BCUT2D eigenvalue weighted by Crippen LogP contribution is -1.99.